The zero-order valence-electron chi connectivity index (χ0n) is 7.97. The molecule has 9 heteroatoms. The summed E-state index contributed by atoms with van der Waals surface area (Å²) in [4.78, 5) is 13.1. The van der Waals surface area contributed by atoms with E-state index in [-0.39, 0.29) is 23.5 Å². The van der Waals surface area contributed by atoms with Crippen LogP contribution in [-0.4, -0.2) is 39.6 Å². The van der Waals surface area contributed by atoms with Gasteiger partial charge in [0.05, 0.1) is 0 Å². The molecule has 2 aromatic rings. The topological polar surface area (TPSA) is 119 Å². The normalized spacial score (nSPS) is 16.0. The monoisotopic (exact) mass is 225 g/mol. The van der Waals surface area contributed by atoms with Gasteiger partial charge in [-0.3, -0.25) is 9.51 Å². The van der Waals surface area contributed by atoms with Gasteiger partial charge in [0, 0.05) is 13.1 Å². The van der Waals surface area contributed by atoms with E-state index in [1.165, 1.54) is 0 Å². The van der Waals surface area contributed by atoms with Gasteiger partial charge >= 0.3 is 5.76 Å². The number of aromatic nitrogens is 4. The third-order valence-electron chi connectivity index (χ3n) is 2.15. The van der Waals surface area contributed by atoms with Crippen molar-refractivity contribution >= 4 is 0 Å². The molecule has 0 spiro atoms. The van der Waals surface area contributed by atoms with E-state index in [9.17, 15) is 4.79 Å². The van der Waals surface area contributed by atoms with E-state index in [1.54, 1.807) is 0 Å². The van der Waals surface area contributed by atoms with Crippen LogP contribution in [0.2, 0.25) is 0 Å². The quantitative estimate of drug-likeness (QED) is 0.665. The molecule has 0 atom stereocenters. The molecule has 0 radical (unpaired) electrons. The number of rotatable bonds is 3. The molecule has 16 heavy (non-hydrogen) atoms. The number of nitrogens with one attached hydrogen (secondary N) is 2. The summed E-state index contributed by atoms with van der Waals surface area (Å²) in [7, 11) is 0. The smallest absolute Gasteiger partial charge is 0.439 e. The Kier molecular flexibility index (Phi) is 1.96. The summed E-state index contributed by atoms with van der Waals surface area (Å²) < 4.78 is 14.3. The van der Waals surface area contributed by atoms with Crippen molar-refractivity contribution in [3.63, 3.8) is 0 Å². The maximum Gasteiger partial charge on any atom is 0.439 e. The molecule has 0 unspecified atom stereocenters. The number of H-pyrrole nitrogens is 1. The van der Waals surface area contributed by atoms with Gasteiger partial charge in [0.1, 0.15) is 6.10 Å². The first-order chi connectivity index (χ1) is 7.83. The van der Waals surface area contributed by atoms with Crippen molar-refractivity contribution < 1.29 is 13.9 Å². The molecular formula is C7H7N5O4. The van der Waals surface area contributed by atoms with E-state index in [0.717, 1.165) is 13.1 Å². The van der Waals surface area contributed by atoms with Crippen molar-refractivity contribution in [1.82, 2.24) is 25.8 Å². The van der Waals surface area contributed by atoms with E-state index in [2.05, 4.69) is 34.9 Å². The van der Waals surface area contributed by atoms with Crippen molar-refractivity contribution in [2.24, 2.45) is 0 Å². The molecule has 84 valence electrons. The van der Waals surface area contributed by atoms with Crippen LogP contribution in [0.15, 0.2) is 13.9 Å². The van der Waals surface area contributed by atoms with E-state index >= 15 is 0 Å². The average molecular weight is 225 g/mol. The molecule has 1 fully saturated rings. The molecule has 1 aliphatic heterocycles. The second kappa shape index (κ2) is 3.45. The van der Waals surface area contributed by atoms with E-state index in [4.69, 9.17) is 4.74 Å². The summed E-state index contributed by atoms with van der Waals surface area (Å²) in [6, 6.07) is 0. The van der Waals surface area contributed by atoms with Crippen LogP contribution in [0.4, 0.5) is 0 Å². The van der Waals surface area contributed by atoms with Gasteiger partial charge in [-0.15, -0.1) is 0 Å². The largest absolute Gasteiger partial charge is 0.468 e. The Hall–Kier alpha value is -2.16. The molecule has 0 aliphatic carbocycles. The molecule has 1 saturated heterocycles. The Bertz CT molecular complexity index is 539. The lowest BCUT2D eigenvalue weighted by Gasteiger charge is -2.26. The molecule has 0 saturated carbocycles. The van der Waals surface area contributed by atoms with Crippen molar-refractivity contribution in [3.05, 3.63) is 10.6 Å². The predicted octanol–water partition coefficient (Wildman–Crippen LogP) is -1.24. The Morgan fingerprint density at radius 3 is 2.81 bits per heavy atom. The average Bonchev–Trinajstić information content (AvgIpc) is 2.79. The maximum absolute atomic E-state index is 10.8. The highest BCUT2D eigenvalue weighted by Gasteiger charge is 2.25. The fourth-order valence-corrected chi connectivity index (χ4v) is 1.24. The van der Waals surface area contributed by atoms with E-state index in [1.807, 2.05) is 0 Å². The van der Waals surface area contributed by atoms with Gasteiger partial charge in [0.15, 0.2) is 0 Å². The molecule has 0 amide bonds. The molecule has 3 rings (SSSR count). The minimum atomic E-state index is -0.672. The molecule has 3 heterocycles. The molecule has 2 N–H and O–H groups in total. The number of ether oxygens (including phenoxy) is 1. The lowest BCUT2D eigenvalue weighted by atomic mass is 10.2. The summed E-state index contributed by atoms with van der Waals surface area (Å²) >= 11 is 0. The molecule has 9 nitrogen and oxygen atoms in total. The fourth-order valence-electron chi connectivity index (χ4n) is 1.24. The highest BCUT2D eigenvalue weighted by atomic mass is 16.6. The van der Waals surface area contributed by atoms with Gasteiger partial charge in [-0.05, 0) is 10.3 Å². The number of hydrogen-bond donors (Lipinski definition) is 2. The Morgan fingerprint density at radius 1 is 1.31 bits per heavy atom. The summed E-state index contributed by atoms with van der Waals surface area (Å²) in [6.07, 6.45) is 0.0317. The van der Waals surface area contributed by atoms with Gasteiger partial charge in [-0.1, -0.05) is 5.16 Å². The van der Waals surface area contributed by atoms with Crippen LogP contribution in [0.25, 0.3) is 11.5 Å². The van der Waals surface area contributed by atoms with Gasteiger partial charge in [0.2, 0.25) is 11.5 Å². The first kappa shape index (κ1) is 9.09. The summed E-state index contributed by atoms with van der Waals surface area (Å²) in [5.74, 6) is -0.348. The highest BCUT2D eigenvalue weighted by molar-refractivity contribution is 5.53. The summed E-state index contributed by atoms with van der Waals surface area (Å²) in [5, 5.41) is 13.7. The van der Waals surface area contributed by atoms with E-state index in [0.29, 0.717) is 0 Å². The second-order valence-electron chi connectivity index (χ2n) is 3.26. The molecule has 0 aromatic carbocycles. The lowest BCUT2D eigenvalue weighted by molar-refractivity contribution is 0.129. The number of nitrogens with zero attached hydrogens (tertiary/aromatic N) is 3. The van der Waals surface area contributed by atoms with Crippen LogP contribution < -0.4 is 15.8 Å². The standard InChI is InChI=1S/C7H7N5O4/c13-7-9-5(11-15-7)4-6(12-16-10-4)14-3-1-8-2-3/h3,8H,1-2H2,(H,9,11,13). The van der Waals surface area contributed by atoms with Gasteiger partial charge in [-0.2, -0.15) is 0 Å². The van der Waals surface area contributed by atoms with Crippen LogP contribution in [0, 0.1) is 0 Å². The summed E-state index contributed by atoms with van der Waals surface area (Å²) in [6.45, 7) is 1.48. The van der Waals surface area contributed by atoms with Crippen molar-refractivity contribution in [3.8, 4) is 17.4 Å². The summed E-state index contributed by atoms with van der Waals surface area (Å²) in [5.41, 5.74) is 0.220. The lowest BCUT2D eigenvalue weighted by Crippen LogP contribution is -2.50. The van der Waals surface area contributed by atoms with Crippen LogP contribution in [0.3, 0.4) is 0 Å². The van der Waals surface area contributed by atoms with E-state index < -0.39 is 5.76 Å². The first-order valence-electron chi connectivity index (χ1n) is 4.59. The minimum absolute atomic E-state index is 0.0317. The van der Waals surface area contributed by atoms with Crippen molar-refractivity contribution in [2.75, 3.05) is 13.1 Å². The van der Waals surface area contributed by atoms with Gasteiger partial charge in [-0.25, -0.2) is 9.42 Å². The number of aromatic amines is 1. The van der Waals surface area contributed by atoms with Crippen molar-refractivity contribution in [2.45, 2.75) is 6.10 Å². The predicted molar refractivity (Wildman–Crippen MR) is 47.7 cm³/mol. The minimum Gasteiger partial charge on any atom is -0.468 e. The molecule has 1 aliphatic rings. The third-order valence-corrected chi connectivity index (χ3v) is 2.15. The maximum atomic E-state index is 10.8. The SMILES string of the molecule is O=c1[nH]c(-c2nonc2OC2CNC2)no1. The molecule has 2 aromatic heterocycles. The van der Waals surface area contributed by atoms with Crippen LogP contribution in [0.1, 0.15) is 0 Å². The zero-order valence-corrected chi connectivity index (χ0v) is 7.97. The third kappa shape index (κ3) is 1.46. The Labute approximate surface area is 87.7 Å². The van der Waals surface area contributed by atoms with Crippen LogP contribution in [-0.2, 0) is 0 Å². The second-order valence-corrected chi connectivity index (χ2v) is 3.26. The molecule has 0 bridgehead atoms. The Morgan fingerprint density at radius 2 is 2.19 bits per heavy atom. The highest BCUT2D eigenvalue weighted by Crippen LogP contribution is 2.23. The Balaban J connectivity index is 1.89. The fraction of sp³-hybridized carbons (Fsp3) is 0.429. The van der Waals surface area contributed by atoms with Crippen LogP contribution >= 0.6 is 0 Å². The van der Waals surface area contributed by atoms with Gasteiger partial charge in [0.25, 0.3) is 5.88 Å². The molecular weight excluding hydrogens is 218 g/mol. The first-order valence-corrected chi connectivity index (χ1v) is 4.59. The number of hydrogen-bond acceptors (Lipinski definition) is 8. The zero-order chi connectivity index (χ0) is 11.0. The van der Waals surface area contributed by atoms with Gasteiger partial charge < -0.3 is 10.1 Å². The van der Waals surface area contributed by atoms with Crippen LogP contribution in [0.5, 0.6) is 5.88 Å². The van der Waals surface area contributed by atoms with Crippen molar-refractivity contribution in [1.29, 1.82) is 0 Å².